The van der Waals surface area contributed by atoms with Crippen LogP contribution in [0.5, 0.6) is 34.5 Å². The standard InChI is InChI=1S/C36H58O10.2C31H42O5/c1-3-33(37)42-24-14-7-5-12-22-40-30-20-21-32(41-23-13-6-8-15-25-43-34(38)4-2)31(29-30)36(39)46-28-17-10-9-16-26-44-35-19-11-18-27-45-35;2*1-3-9-24-10-12-25(13-11-24)26-14-20-29(21-15-26)36-31(33)27-16-18-28(19-17-27)34-22-7-5-6-8-23-35-30(32)4-2/h20-21,29,35H,3-19,22-28H2,1-2H3;2*14-21,24-25H,3-13,22-23H2,1-2H3. The SMILES string of the molecule is CCC(=O)OCCCCCCOc1ccc(OCCCCCCOC(=O)CC)c(C(=O)OCCCCCCOC2CCCCO2)c1.CCCC1CCC(c2ccc(OC(=O)c3ccc(OCCCCCCOC(=O)CC)cc3)cc2)CC1.CCCC1CCC(c2ccc(OC(=O)c3ccc(OCCCCCCOC(=O)CC)cc3)cc2)CC1. The molecule has 0 aromatic heterocycles. The van der Waals surface area contributed by atoms with E-state index in [1.54, 1.807) is 88.4 Å². The van der Waals surface area contributed by atoms with Gasteiger partial charge in [-0.3, -0.25) is 19.2 Å². The highest BCUT2D eigenvalue weighted by molar-refractivity contribution is 5.93. The number of carbonyl (C=O) groups is 7. The minimum absolute atomic E-state index is 0.0496. The van der Waals surface area contributed by atoms with Gasteiger partial charge in [-0.25, -0.2) is 14.4 Å². The Balaban J connectivity index is 0.000000278. The van der Waals surface area contributed by atoms with Gasteiger partial charge in [-0.15, -0.1) is 0 Å². The quantitative estimate of drug-likeness (QED) is 0.0152. The molecule has 0 radical (unpaired) electrons. The number of rotatable bonds is 55. The average Bonchev–Trinajstić information content (AvgIpc) is 0.848. The van der Waals surface area contributed by atoms with E-state index in [9.17, 15) is 33.6 Å². The summed E-state index contributed by atoms with van der Waals surface area (Å²) in [4.78, 5) is 82.8. The van der Waals surface area contributed by atoms with E-state index in [0.717, 1.165) is 178 Å². The Morgan fingerprint density at radius 1 is 0.314 bits per heavy atom. The first-order chi connectivity index (χ1) is 57.7. The summed E-state index contributed by atoms with van der Waals surface area (Å²) in [6.07, 6.45) is 39.0. The van der Waals surface area contributed by atoms with Crippen LogP contribution in [0.15, 0.2) is 115 Å². The Labute approximate surface area is 705 Å². The summed E-state index contributed by atoms with van der Waals surface area (Å²) in [6.45, 7) is 17.7. The van der Waals surface area contributed by atoms with E-state index in [2.05, 4.69) is 38.1 Å². The van der Waals surface area contributed by atoms with Gasteiger partial charge in [-0.05, 0) is 318 Å². The number of carbonyl (C=O) groups excluding carboxylic acids is 7. The average molecular weight is 1640 g/mol. The van der Waals surface area contributed by atoms with E-state index < -0.39 is 5.97 Å². The number of hydrogen-bond donors (Lipinski definition) is 0. The summed E-state index contributed by atoms with van der Waals surface area (Å²) in [5.74, 6) is 5.01. The van der Waals surface area contributed by atoms with Crippen LogP contribution in [-0.2, 0) is 52.3 Å². The van der Waals surface area contributed by atoms with E-state index >= 15 is 0 Å². The molecule has 1 atom stereocenters. The maximum atomic E-state index is 13.1. The van der Waals surface area contributed by atoms with Crippen molar-refractivity contribution in [1.29, 1.82) is 0 Å². The fraction of sp³-hybridized carbons (Fsp3) is 0.622. The molecule has 5 aromatic rings. The molecule has 2 saturated carbocycles. The normalized spacial score (nSPS) is 16.2. The van der Waals surface area contributed by atoms with E-state index in [-0.39, 0.29) is 42.1 Å². The molecule has 0 spiro atoms. The van der Waals surface area contributed by atoms with Crippen molar-refractivity contribution in [1.82, 2.24) is 0 Å². The first-order valence-electron chi connectivity index (χ1n) is 45.2. The Bertz CT molecular complexity index is 3360. The van der Waals surface area contributed by atoms with Gasteiger partial charge in [0.2, 0.25) is 0 Å². The van der Waals surface area contributed by atoms with Crippen molar-refractivity contribution in [3.8, 4) is 34.5 Å². The summed E-state index contributed by atoms with van der Waals surface area (Å²) in [5, 5.41) is 0. The summed E-state index contributed by atoms with van der Waals surface area (Å²) in [6, 6.07) is 35.6. The number of benzene rings is 5. The molecular formula is C98H142O20. The molecule has 8 rings (SSSR count). The van der Waals surface area contributed by atoms with Gasteiger partial charge in [0.25, 0.3) is 0 Å². The summed E-state index contributed by atoms with van der Waals surface area (Å²) >= 11 is 0. The van der Waals surface area contributed by atoms with Gasteiger partial charge in [0.05, 0.1) is 70.6 Å². The van der Waals surface area contributed by atoms with Crippen LogP contribution in [0, 0.1) is 11.8 Å². The van der Waals surface area contributed by atoms with Crippen LogP contribution in [0.1, 0.15) is 346 Å². The van der Waals surface area contributed by atoms with Gasteiger partial charge < -0.3 is 61.6 Å². The lowest BCUT2D eigenvalue weighted by atomic mass is 9.77. The molecule has 2 aliphatic carbocycles. The molecule has 1 heterocycles. The molecular weight excluding hydrogens is 1500 g/mol. The lowest BCUT2D eigenvalue weighted by Gasteiger charge is -2.28. The Hall–Kier alpha value is -8.49. The Morgan fingerprint density at radius 2 is 0.644 bits per heavy atom. The topological polar surface area (TPSA) is 239 Å². The van der Waals surface area contributed by atoms with E-state index in [4.69, 9.17) is 61.6 Å². The first kappa shape index (κ1) is 98.3. The molecule has 1 saturated heterocycles. The molecule has 20 nitrogen and oxygen atoms in total. The molecule has 0 N–H and O–H groups in total. The van der Waals surface area contributed by atoms with Crippen molar-refractivity contribution in [2.24, 2.45) is 11.8 Å². The summed E-state index contributed by atoms with van der Waals surface area (Å²) < 4.78 is 72.0. The Morgan fingerprint density at radius 3 is 1.00 bits per heavy atom. The van der Waals surface area contributed by atoms with Gasteiger partial charge in [-0.1, -0.05) is 97.9 Å². The highest BCUT2D eigenvalue weighted by atomic mass is 16.7. The maximum absolute atomic E-state index is 13.1. The van der Waals surface area contributed by atoms with Crippen molar-refractivity contribution in [3.05, 3.63) is 143 Å². The minimum Gasteiger partial charge on any atom is -0.494 e. The molecule has 0 amide bonds. The lowest BCUT2D eigenvalue weighted by Crippen LogP contribution is -2.22. The molecule has 20 heteroatoms. The van der Waals surface area contributed by atoms with E-state index in [1.165, 1.54) is 88.2 Å². The van der Waals surface area contributed by atoms with Gasteiger partial charge in [-0.2, -0.15) is 0 Å². The van der Waals surface area contributed by atoms with Crippen LogP contribution in [0.2, 0.25) is 0 Å². The predicted molar refractivity (Wildman–Crippen MR) is 460 cm³/mol. The smallest absolute Gasteiger partial charge is 0.343 e. The van der Waals surface area contributed by atoms with E-state index in [1.807, 2.05) is 30.3 Å². The number of esters is 7. The number of hydrogen-bond acceptors (Lipinski definition) is 20. The number of unbranched alkanes of at least 4 members (excludes halogenated alkanes) is 15. The van der Waals surface area contributed by atoms with Gasteiger partial charge in [0, 0.05) is 38.9 Å². The monoisotopic (exact) mass is 1640 g/mol. The van der Waals surface area contributed by atoms with Crippen molar-refractivity contribution in [2.75, 3.05) is 72.7 Å². The molecule has 3 aliphatic rings. The van der Waals surface area contributed by atoms with Crippen LogP contribution in [-0.4, -0.2) is 121 Å². The fourth-order valence-corrected chi connectivity index (χ4v) is 14.6. The molecule has 3 fully saturated rings. The highest BCUT2D eigenvalue weighted by Crippen LogP contribution is 2.40. The minimum atomic E-state index is -0.419. The van der Waals surface area contributed by atoms with Gasteiger partial charge >= 0.3 is 41.8 Å². The summed E-state index contributed by atoms with van der Waals surface area (Å²) in [5.41, 5.74) is 4.07. The van der Waals surface area contributed by atoms with Crippen molar-refractivity contribution in [2.45, 2.75) is 310 Å². The van der Waals surface area contributed by atoms with Gasteiger partial charge in [0.1, 0.15) is 40.1 Å². The van der Waals surface area contributed by atoms with Crippen molar-refractivity contribution < 1.29 is 95.1 Å². The van der Waals surface area contributed by atoms with Crippen molar-refractivity contribution in [3.63, 3.8) is 0 Å². The third-order valence-electron chi connectivity index (χ3n) is 21.7. The van der Waals surface area contributed by atoms with Crippen LogP contribution in [0.25, 0.3) is 0 Å². The maximum Gasteiger partial charge on any atom is 0.343 e. The van der Waals surface area contributed by atoms with Crippen LogP contribution < -0.4 is 28.4 Å². The molecule has 0 bridgehead atoms. The van der Waals surface area contributed by atoms with Gasteiger partial charge in [0.15, 0.2) is 6.29 Å². The first-order valence-corrected chi connectivity index (χ1v) is 45.2. The van der Waals surface area contributed by atoms with Crippen LogP contribution >= 0.6 is 0 Å². The third-order valence-corrected chi connectivity index (χ3v) is 21.7. The molecule has 1 unspecified atom stereocenters. The fourth-order valence-electron chi connectivity index (χ4n) is 14.6. The molecule has 654 valence electrons. The van der Waals surface area contributed by atoms with E-state index in [0.29, 0.717) is 143 Å². The largest absolute Gasteiger partial charge is 0.494 e. The Kier molecular flexibility index (Phi) is 51.5. The lowest BCUT2D eigenvalue weighted by molar-refractivity contribution is -0.162. The summed E-state index contributed by atoms with van der Waals surface area (Å²) in [7, 11) is 0. The molecule has 5 aromatic carbocycles. The predicted octanol–water partition coefficient (Wildman–Crippen LogP) is 23.5. The zero-order chi connectivity index (χ0) is 84.3. The van der Waals surface area contributed by atoms with Crippen LogP contribution in [0.4, 0.5) is 0 Å². The second-order valence-electron chi connectivity index (χ2n) is 31.2. The van der Waals surface area contributed by atoms with Crippen LogP contribution in [0.3, 0.4) is 0 Å². The zero-order valence-corrected chi connectivity index (χ0v) is 72.4. The third kappa shape index (κ3) is 42.4. The van der Waals surface area contributed by atoms with Crippen molar-refractivity contribution >= 4 is 41.8 Å². The molecule has 118 heavy (non-hydrogen) atoms. The second kappa shape index (κ2) is 61.8. The zero-order valence-electron chi connectivity index (χ0n) is 72.4. The molecule has 1 aliphatic heterocycles. The highest BCUT2D eigenvalue weighted by Gasteiger charge is 2.25. The number of ether oxygens (including phenoxy) is 13. The second-order valence-corrected chi connectivity index (χ2v) is 31.2.